The third-order valence-electron chi connectivity index (χ3n) is 2.35. The highest BCUT2D eigenvalue weighted by molar-refractivity contribution is 7.16. The number of hydrogen-bond acceptors (Lipinski definition) is 4. The first-order valence-electron chi connectivity index (χ1n) is 5.11. The number of benzene rings is 1. The van der Waals surface area contributed by atoms with E-state index in [1.54, 1.807) is 11.9 Å². The Labute approximate surface area is 107 Å². The smallest absolute Gasteiger partial charge is 0.186 e. The van der Waals surface area contributed by atoms with Gasteiger partial charge in [0.25, 0.3) is 0 Å². The molecule has 0 saturated carbocycles. The van der Waals surface area contributed by atoms with Crippen LogP contribution in [0.25, 0.3) is 0 Å². The van der Waals surface area contributed by atoms with Crippen molar-refractivity contribution < 1.29 is 8.78 Å². The van der Waals surface area contributed by atoms with Crippen molar-refractivity contribution in [3.63, 3.8) is 0 Å². The maximum absolute atomic E-state index is 13.5. The fraction of sp³-hybridized carbons (Fsp3) is 0.167. The molecule has 92 valence electrons. The van der Waals surface area contributed by atoms with Gasteiger partial charge in [-0.25, -0.2) is 13.8 Å². The van der Waals surface area contributed by atoms with Gasteiger partial charge in [-0.1, -0.05) is 11.3 Å². The van der Waals surface area contributed by atoms with Gasteiger partial charge in [-0.2, -0.15) is 5.26 Å². The molecule has 0 spiro atoms. The van der Waals surface area contributed by atoms with E-state index in [0.717, 1.165) is 18.2 Å². The van der Waals surface area contributed by atoms with Crippen molar-refractivity contribution >= 4 is 16.5 Å². The summed E-state index contributed by atoms with van der Waals surface area (Å²) in [6.45, 7) is 0.196. The van der Waals surface area contributed by atoms with E-state index in [1.807, 2.05) is 6.07 Å². The predicted octanol–water partition coefficient (Wildman–Crippen LogP) is 2.93. The highest BCUT2D eigenvalue weighted by atomic mass is 32.1. The van der Waals surface area contributed by atoms with Crippen molar-refractivity contribution in [2.75, 3.05) is 11.9 Å². The third kappa shape index (κ3) is 2.63. The van der Waals surface area contributed by atoms with Gasteiger partial charge >= 0.3 is 0 Å². The van der Waals surface area contributed by atoms with E-state index in [2.05, 4.69) is 4.98 Å². The first-order chi connectivity index (χ1) is 8.60. The summed E-state index contributed by atoms with van der Waals surface area (Å²) in [5.74, 6) is -0.933. The second kappa shape index (κ2) is 5.10. The van der Waals surface area contributed by atoms with Crippen molar-refractivity contribution in [2.45, 2.75) is 6.54 Å². The van der Waals surface area contributed by atoms with Crippen LogP contribution in [0.2, 0.25) is 0 Å². The molecule has 0 fully saturated rings. The van der Waals surface area contributed by atoms with Crippen molar-refractivity contribution in [3.8, 4) is 6.07 Å². The standard InChI is InChI=1S/C12H9F2N3S/c1-17(12-16-6-10(5-15)18-12)7-8-4-9(13)2-3-11(8)14/h2-4,6H,7H2,1H3. The zero-order valence-corrected chi connectivity index (χ0v) is 10.3. The number of rotatable bonds is 3. The van der Waals surface area contributed by atoms with Crippen LogP contribution in [0.1, 0.15) is 10.4 Å². The molecule has 0 aliphatic carbocycles. The lowest BCUT2D eigenvalue weighted by Crippen LogP contribution is -2.17. The van der Waals surface area contributed by atoms with Crippen molar-refractivity contribution in [2.24, 2.45) is 0 Å². The van der Waals surface area contributed by atoms with Crippen LogP contribution in [-0.2, 0) is 6.54 Å². The molecule has 1 aromatic carbocycles. The van der Waals surface area contributed by atoms with Crippen LogP contribution in [0.4, 0.5) is 13.9 Å². The zero-order valence-electron chi connectivity index (χ0n) is 9.52. The van der Waals surface area contributed by atoms with Crippen molar-refractivity contribution in [1.29, 1.82) is 5.26 Å². The fourth-order valence-corrected chi connectivity index (χ4v) is 2.15. The van der Waals surface area contributed by atoms with E-state index in [0.29, 0.717) is 10.0 Å². The Hall–Kier alpha value is -2.00. The molecule has 2 aromatic rings. The normalized spacial score (nSPS) is 10.1. The van der Waals surface area contributed by atoms with Crippen LogP contribution in [0.3, 0.4) is 0 Å². The van der Waals surface area contributed by atoms with E-state index >= 15 is 0 Å². The minimum absolute atomic E-state index is 0.196. The lowest BCUT2D eigenvalue weighted by atomic mass is 10.2. The lowest BCUT2D eigenvalue weighted by molar-refractivity contribution is 0.583. The highest BCUT2D eigenvalue weighted by Crippen LogP contribution is 2.23. The predicted molar refractivity (Wildman–Crippen MR) is 65.3 cm³/mol. The number of aromatic nitrogens is 1. The van der Waals surface area contributed by atoms with Gasteiger partial charge in [-0.15, -0.1) is 0 Å². The summed E-state index contributed by atoms with van der Waals surface area (Å²) in [6, 6.07) is 5.32. The Morgan fingerprint density at radius 3 is 2.89 bits per heavy atom. The fourth-order valence-electron chi connectivity index (χ4n) is 1.48. The molecule has 1 heterocycles. The minimum atomic E-state index is -0.475. The van der Waals surface area contributed by atoms with Crippen LogP contribution < -0.4 is 4.90 Å². The summed E-state index contributed by atoms with van der Waals surface area (Å²) < 4.78 is 26.5. The lowest BCUT2D eigenvalue weighted by Gasteiger charge is -2.16. The molecule has 0 bridgehead atoms. The molecular formula is C12H9F2N3S. The summed E-state index contributed by atoms with van der Waals surface area (Å²) in [6.07, 6.45) is 1.46. The molecule has 3 nitrogen and oxygen atoms in total. The van der Waals surface area contributed by atoms with Gasteiger partial charge in [-0.3, -0.25) is 0 Å². The molecule has 0 radical (unpaired) electrons. The number of halogens is 2. The Morgan fingerprint density at radius 2 is 2.22 bits per heavy atom. The summed E-state index contributed by atoms with van der Waals surface area (Å²) in [4.78, 5) is 6.19. The number of thiazole rings is 1. The van der Waals surface area contributed by atoms with E-state index < -0.39 is 11.6 Å². The molecule has 1 aromatic heterocycles. The Bertz CT molecular complexity index is 604. The zero-order chi connectivity index (χ0) is 13.1. The number of hydrogen-bond donors (Lipinski definition) is 0. The van der Waals surface area contributed by atoms with Gasteiger partial charge in [-0.05, 0) is 18.2 Å². The molecule has 18 heavy (non-hydrogen) atoms. The number of nitrogens with zero attached hydrogens (tertiary/aromatic N) is 3. The van der Waals surface area contributed by atoms with Crippen molar-refractivity contribution in [1.82, 2.24) is 4.98 Å². The van der Waals surface area contributed by atoms with E-state index in [1.165, 1.54) is 17.5 Å². The quantitative estimate of drug-likeness (QED) is 0.856. The SMILES string of the molecule is CN(Cc1cc(F)ccc1F)c1ncc(C#N)s1. The molecule has 0 N–H and O–H groups in total. The molecule has 0 aliphatic heterocycles. The van der Waals surface area contributed by atoms with Crippen LogP contribution in [0, 0.1) is 23.0 Å². The van der Waals surface area contributed by atoms with Gasteiger partial charge in [0.1, 0.15) is 22.6 Å². The topological polar surface area (TPSA) is 39.9 Å². The summed E-state index contributed by atoms with van der Waals surface area (Å²) in [7, 11) is 1.71. The maximum Gasteiger partial charge on any atom is 0.186 e. The monoisotopic (exact) mass is 265 g/mol. The molecule has 0 atom stereocenters. The van der Waals surface area contributed by atoms with Crippen LogP contribution in [0.15, 0.2) is 24.4 Å². The van der Waals surface area contributed by atoms with Gasteiger partial charge in [0.05, 0.1) is 6.20 Å². The molecule has 0 saturated heterocycles. The Morgan fingerprint density at radius 1 is 1.44 bits per heavy atom. The first-order valence-corrected chi connectivity index (χ1v) is 5.93. The molecule has 2 rings (SSSR count). The van der Waals surface area contributed by atoms with E-state index in [4.69, 9.17) is 5.26 Å². The van der Waals surface area contributed by atoms with E-state index in [9.17, 15) is 8.78 Å². The molecule has 0 unspecified atom stereocenters. The molecule has 0 aliphatic rings. The highest BCUT2D eigenvalue weighted by Gasteiger charge is 2.11. The summed E-state index contributed by atoms with van der Waals surface area (Å²) in [5, 5.41) is 9.29. The largest absolute Gasteiger partial charge is 0.347 e. The second-order valence-corrected chi connectivity index (χ2v) is 4.72. The minimum Gasteiger partial charge on any atom is -0.347 e. The summed E-state index contributed by atoms with van der Waals surface area (Å²) >= 11 is 1.21. The van der Waals surface area contributed by atoms with Crippen LogP contribution >= 0.6 is 11.3 Å². The number of nitriles is 1. The average molecular weight is 265 g/mol. The average Bonchev–Trinajstić information content (AvgIpc) is 2.82. The Kier molecular flexibility index (Phi) is 3.53. The third-order valence-corrected chi connectivity index (χ3v) is 3.36. The summed E-state index contributed by atoms with van der Waals surface area (Å²) in [5.41, 5.74) is 0.256. The second-order valence-electron chi connectivity index (χ2n) is 3.71. The van der Waals surface area contributed by atoms with E-state index in [-0.39, 0.29) is 12.1 Å². The van der Waals surface area contributed by atoms with Gasteiger partial charge in [0, 0.05) is 19.2 Å². The van der Waals surface area contributed by atoms with Crippen molar-refractivity contribution in [3.05, 3.63) is 46.5 Å². The van der Waals surface area contributed by atoms with Gasteiger partial charge in [0.2, 0.25) is 0 Å². The Balaban J connectivity index is 2.18. The van der Waals surface area contributed by atoms with Crippen LogP contribution in [-0.4, -0.2) is 12.0 Å². The molecular weight excluding hydrogens is 256 g/mol. The van der Waals surface area contributed by atoms with Crippen LogP contribution in [0.5, 0.6) is 0 Å². The number of anilines is 1. The maximum atomic E-state index is 13.5. The van der Waals surface area contributed by atoms with Gasteiger partial charge < -0.3 is 4.90 Å². The van der Waals surface area contributed by atoms with Gasteiger partial charge in [0.15, 0.2) is 5.13 Å². The first kappa shape index (κ1) is 12.5. The molecule has 6 heteroatoms. The molecule has 0 amide bonds.